The molecule has 2 heteroatoms. The molecule has 0 saturated carbocycles. The van der Waals surface area contributed by atoms with E-state index in [0.717, 1.165) is 23.6 Å². The lowest BCUT2D eigenvalue weighted by molar-refractivity contribution is 0.598. The minimum Gasteiger partial charge on any atom is -0.306 e. The first-order valence-corrected chi connectivity index (χ1v) is 7.56. The van der Waals surface area contributed by atoms with Crippen molar-refractivity contribution < 1.29 is 0 Å². The van der Waals surface area contributed by atoms with Gasteiger partial charge in [0, 0.05) is 5.02 Å². The second-order valence-electron chi connectivity index (χ2n) is 5.25. The Morgan fingerprint density at radius 3 is 2.45 bits per heavy atom. The fourth-order valence-corrected chi connectivity index (χ4v) is 2.59. The van der Waals surface area contributed by atoms with Gasteiger partial charge in [0.25, 0.3) is 0 Å². The van der Waals surface area contributed by atoms with Crippen molar-refractivity contribution >= 4 is 11.6 Å². The summed E-state index contributed by atoms with van der Waals surface area (Å²) in [6.45, 7) is 7.45. The highest BCUT2D eigenvalue weighted by atomic mass is 35.5. The van der Waals surface area contributed by atoms with Crippen LogP contribution in [0.4, 0.5) is 0 Å². The molecule has 1 unspecified atom stereocenters. The molecule has 0 radical (unpaired) electrons. The van der Waals surface area contributed by atoms with E-state index < -0.39 is 0 Å². The molecule has 1 N–H and O–H groups in total. The van der Waals surface area contributed by atoms with Crippen LogP contribution in [-0.2, 0) is 0 Å². The maximum Gasteiger partial charge on any atom is 0.0591 e. The van der Waals surface area contributed by atoms with Gasteiger partial charge in [0.1, 0.15) is 0 Å². The monoisotopic (exact) mass is 287 g/mol. The van der Waals surface area contributed by atoms with Crippen molar-refractivity contribution in [3.8, 4) is 0 Å². The molecule has 2 aromatic rings. The molecule has 2 aromatic carbocycles. The Bertz CT molecular complexity index is 577. The zero-order chi connectivity index (χ0) is 14.5. The van der Waals surface area contributed by atoms with Gasteiger partial charge in [-0.15, -0.1) is 0 Å². The third kappa shape index (κ3) is 3.41. The first kappa shape index (κ1) is 15.1. The lowest BCUT2D eigenvalue weighted by Crippen LogP contribution is -2.23. The minimum atomic E-state index is 0.156. The molecular weight excluding hydrogens is 266 g/mol. The molecule has 0 aliphatic heterocycles. The molecule has 0 bridgehead atoms. The molecule has 0 saturated heterocycles. The molecule has 0 amide bonds. The van der Waals surface area contributed by atoms with Gasteiger partial charge >= 0.3 is 0 Å². The zero-order valence-corrected chi connectivity index (χ0v) is 13.2. The molecule has 0 aromatic heterocycles. The molecule has 2 rings (SSSR count). The van der Waals surface area contributed by atoms with Crippen LogP contribution in [0.15, 0.2) is 42.5 Å². The number of hydrogen-bond acceptors (Lipinski definition) is 1. The molecule has 1 atom stereocenters. The summed E-state index contributed by atoms with van der Waals surface area (Å²) < 4.78 is 0. The van der Waals surface area contributed by atoms with Crippen LogP contribution in [0.3, 0.4) is 0 Å². The summed E-state index contributed by atoms with van der Waals surface area (Å²) in [7, 11) is 0. The quantitative estimate of drug-likeness (QED) is 0.812. The van der Waals surface area contributed by atoms with Gasteiger partial charge in [0.05, 0.1) is 6.04 Å². The van der Waals surface area contributed by atoms with Crippen molar-refractivity contribution in [3.05, 3.63) is 69.7 Å². The van der Waals surface area contributed by atoms with Crippen molar-refractivity contribution in [2.24, 2.45) is 0 Å². The summed E-state index contributed by atoms with van der Waals surface area (Å²) in [6, 6.07) is 14.9. The Kier molecular flexibility index (Phi) is 5.22. The van der Waals surface area contributed by atoms with Crippen molar-refractivity contribution in [2.75, 3.05) is 6.54 Å². The number of benzene rings is 2. The number of aryl methyl sites for hydroxylation is 2. The Labute approximate surface area is 127 Å². The van der Waals surface area contributed by atoms with E-state index in [9.17, 15) is 0 Å². The molecule has 0 spiro atoms. The van der Waals surface area contributed by atoms with Crippen LogP contribution in [0.5, 0.6) is 0 Å². The van der Waals surface area contributed by atoms with Crippen LogP contribution in [0.25, 0.3) is 0 Å². The molecular formula is C18H22ClN. The topological polar surface area (TPSA) is 12.0 Å². The highest BCUT2D eigenvalue weighted by molar-refractivity contribution is 6.31. The minimum absolute atomic E-state index is 0.156. The third-order valence-electron chi connectivity index (χ3n) is 3.68. The maximum absolute atomic E-state index is 6.38. The molecule has 1 nitrogen and oxygen atoms in total. The van der Waals surface area contributed by atoms with Crippen molar-refractivity contribution in [2.45, 2.75) is 33.2 Å². The Hall–Kier alpha value is -1.31. The Balaban J connectivity index is 2.41. The zero-order valence-electron chi connectivity index (χ0n) is 12.4. The van der Waals surface area contributed by atoms with Gasteiger partial charge in [-0.05, 0) is 55.1 Å². The highest BCUT2D eigenvalue weighted by Gasteiger charge is 2.16. The maximum atomic E-state index is 6.38. The standard InChI is InChI=1S/C18H22ClN/c1-4-11-20-18(16-7-5-6-8-17(16)19)15-10-9-13(2)14(3)12-15/h5-10,12,18,20H,4,11H2,1-3H3. The smallest absolute Gasteiger partial charge is 0.0591 e. The Morgan fingerprint density at radius 1 is 1.05 bits per heavy atom. The average Bonchev–Trinajstić information content (AvgIpc) is 2.44. The fourth-order valence-electron chi connectivity index (χ4n) is 2.35. The van der Waals surface area contributed by atoms with E-state index in [0.29, 0.717) is 0 Å². The predicted octanol–water partition coefficient (Wildman–Crippen LogP) is 5.05. The van der Waals surface area contributed by atoms with Crippen LogP contribution >= 0.6 is 11.6 Å². The van der Waals surface area contributed by atoms with Gasteiger partial charge < -0.3 is 5.32 Å². The van der Waals surface area contributed by atoms with Crippen LogP contribution < -0.4 is 5.32 Å². The van der Waals surface area contributed by atoms with Gasteiger partial charge in [-0.25, -0.2) is 0 Å². The van der Waals surface area contributed by atoms with Crippen LogP contribution in [0.1, 0.15) is 41.6 Å². The second-order valence-corrected chi connectivity index (χ2v) is 5.66. The van der Waals surface area contributed by atoms with Gasteiger partial charge in [-0.2, -0.15) is 0 Å². The van der Waals surface area contributed by atoms with Gasteiger partial charge in [-0.3, -0.25) is 0 Å². The van der Waals surface area contributed by atoms with E-state index in [1.807, 2.05) is 18.2 Å². The third-order valence-corrected chi connectivity index (χ3v) is 4.02. The summed E-state index contributed by atoms with van der Waals surface area (Å²) in [5.74, 6) is 0. The number of nitrogens with one attached hydrogen (secondary N) is 1. The molecule has 106 valence electrons. The van der Waals surface area contributed by atoms with Gasteiger partial charge in [0.2, 0.25) is 0 Å². The molecule has 0 aliphatic rings. The van der Waals surface area contributed by atoms with E-state index >= 15 is 0 Å². The van der Waals surface area contributed by atoms with Crippen LogP contribution in [-0.4, -0.2) is 6.54 Å². The summed E-state index contributed by atoms with van der Waals surface area (Å²) in [6.07, 6.45) is 1.10. The van der Waals surface area contributed by atoms with E-state index in [1.165, 1.54) is 16.7 Å². The first-order chi connectivity index (χ1) is 9.63. The fraction of sp³-hybridized carbons (Fsp3) is 0.333. The van der Waals surface area contributed by atoms with Crippen LogP contribution in [0.2, 0.25) is 5.02 Å². The lowest BCUT2D eigenvalue weighted by atomic mass is 9.95. The van der Waals surface area contributed by atoms with E-state index in [2.05, 4.69) is 50.4 Å². The molecule has 0 fully saturated rings. The number of rotatable bonds is 5. The van der Waals surface area contributed by atoms with E-state index in [4.69, 9.17) is 11.6 Å². The summed E-state index contributed by atoms with van der Waals surface area (Å²) >= 11 is 6.38. The normalized spacial score (nSPS) is 12.4. The average molecular weight is 288 g/mol. The van der Waals surface area contributed by atoms with Crippen LogP contribution in [0, 0.1) is 13.8 Å². The lowest BCUT2D eigenvalue weighted by Gasteiger charge is -2.21. The SMILES string of the molecule is CCCNC(c1ccc(C)c(C)c1)c1ccccc1Cl. The summed E-state index contributed by atoms with van der Waals surface area (Å²) in [4.78, 5) is 0. The number of hydrogen-bond donors (Lipinski definition) is 1. The van der Waals surface area contributed by atoms with E-state index in [-0.39, 0.29) is 6.04 Å². The summed E-state index contributed by atoms with van der Waals surface area (Å²) in [5, 5.41) is 4.42. The Morgan fingerprint density at radius 2 is 1.80 bits per heavy atom. The van der Waals surface area contributed by atoms with Crippen molar-refractivity contribution in [1.29, 1.82) is 0 Å². The van der Waals surface area contributed by atoms with Gasteiger partial charge in [-0.1, -0.05) is 54.9 Å². The molecule has 20 heavy (non-hydrogen) atoms. The second kappa shape index (κ2) is 6.92. The summed E-state index contributed by atoms with van der Waals surface area (Å²) in [5.41, 5.74) is 5.06. The van der Waals surface area contributed by atoms with Crippen molar-refractivity contribution in [3.63, 3.8) is 0 Å². The largest absolute Gasteiger partial charge is 0.306 e. The molecule has 0 aliphatic carbocycles. The van der Waals surface area contributed by atoms with Crippen molar-refractivity contribution in [1.82, 2.24) is 5.32 Å². The van der Waals surface area contributed by atoms with Gasteiger partial charge in [0.15, 0.2) is 0 Å². The van der Waals surface area contributed by atoms with E-state index in [1.54, 1.807) is 0 Å². The highest BCUT2D eigenvalue weighted by Crippen LogP contribution is 2.29. The number of halogens is 1. The molecule has 0 heterocycles. The predicted molar refractivity (Wildman–Crippen MR) is 87.5 cm³/mol. The first-order valence-electron chi connectivity index (χ1n) is 7.18.